The summed E-state index contributed by atoms with van der Waals surface area (Å²) in [5.74, 6) is 5.09. The predicted octanol–water partition coefficient (Wildman–Crippen LogP) is 8.22. The predicted molar refractivity (Wildman–Crippen MR) is 117 cm³/mol. The van der Waals surface area contributed by atoms with Gasteiger partial charge in [0.25, 0.3) is 0 Å². The maximum absolute atomic E-state index is 13.1. The van der Waals surface area contributed by atoms with Gasteiger partial charge in [-0.2, -0.15) is 26.3 Å². The molecule has 1 N–H and O–H groups in total. The topological polar surface area (TPSA) is 24.4 Å². The van der Waals surface area contributed by atoms with E-state index in [0.29, 0.717) is 11.6 Å². The molecule has 0 heterocycles. The molecule has 3 aromatic rings. The second-order valence-corrected chi connectivity index (χ2v) is 7.37. The summed E-state index contributed by atoms with van der Waals surface area (Å²) in [6.45, 7) is 0. The van der Waals surface area contributed by atoms with E-state index in [1.54, 1.807) is 30.3 Å². The Morgan fingerprint density at radius 1 is 0.758 bits per heavy atom. The molecule has 0 saturated heterocycles. The van der Waals surface area contributed by atoms with E-state index in [1.807, 2.05) is 0 Å². The molecule has 0 amide bonds. The summed E-state index contributed by atoms with van der Waals surface area (Å²) in [6, 6.07) is 13.6. The van der Waals surface area contributed by atoms with Crippen LogP contribution >= 0.6 is 23.2 Å². The van der Waals surface area contributed by atoms with Crippen molar-refractivity contribution in [2.75, 3.05) is 5.32 Å². The van der Waals surface area contributed by atoms with Crippen LogP contribution in [-0.4, -0.2) is 5.84 Å². The molecular formula is C23H12Cl2F6N2. The maximum Gasteiger partial charge on any atom is 0.416 e. The van der Waals surface area contributed by atoms with Gasteiger partial charge in [0.2, 0.25) is 0 Å². The van der Waals surface area contributed by atoms with Crippen LogP contribution < -0.4 is 5.32 Å². The standard InChI is InChI=1S/C23H12Cl2F6N2/c24-17-9-7-15(22(26,27)28)12-19(17)32-21(11-6-14-4-2-1-3-5-14)33-20-13-16(23(29,30)31)8-10-18(20)25/h1-5,7-10,12-13H,(H,32,33). The molecule has 0 aliphatic rings. The lowest BCUT2D eigenvalue weighted by Crippen LogP contribution is -2.12. The van der Waals surface area contributed by atoms with Crippen molar-refractivity contribution in [2.45, 2.75) is 12.4 Å². The zero-order chi connectivity index (χ0) is 24.2. The maximum atomic E-state index is 13.1. The van der Waals surface area contributed by atoms with Gasteiger partial charge < -0.3 is 5.32 Å². The first-order chi connectivity index (χ1) is 15.4. The van der Waals surface area contributed by atoms with Crippen molar-refractivity contribution in [3.63, 3.8) is 0 Å². The normalized spacial score (nSPS) is 12.2. The van der Waals surface area contributed by atoms with Crippen LogP contribution in [0.1, 0.15) is 16.7 Å². The highest BCUT2D eigenvalue weighted by Gasteiger charge is 2.32. The van der Waals surface area contributed by atoms with Gasteiger partial charge in [-0.05, 0) is 54.5 Å². The molecule has 3 rings (SSSR count). The molecule has 0 atom stereocenters. The Bertz CT molecular complexity index is 1240. The summed E-state index contributed by atoms with van der Waals surface area (Å²) in [5.41, 5.74) is -1.91. The van der Waals surface area contributed by atoms with Crippen LogP contribution in [0, 0.1) is 11.8 Å². The lowest BCUT2D eigenvalue weighted by molar-refractivity contribution is -0.138. The highest BCUT2D eigenvalue weighted by atomic mass is 35.5. The van der Waals surface area contributed by atoms with Crippen LogP contribution in [0.5, 0.6) is 0 Å². The highest BCUT2D eigenvalue weighted by molar-refractivity contribution is 6.34. The van der Waals surface area contributed by atoms with E-state index in [2.05, 4.69) is 22.2 Å². The van der Waals surface area contributed by atoms with Crippen molar-refractivity contribution in [3.8, 4) is 11.8 Å². The van der Waals surface area contributed by atoms with Gasteiger partial charge >= 0.3 is 12.4 Å². The van der Waals surface area contributed by atoms with Crippen LogP contribution in [0.25, 0.3) is 0 Å². The minimum absolute atomic E-state index is 0.0765. The molecule has 0 unspecified atom stereocenters. The molecule has 0 aromatic heterocycles. The van der Waals surface area contributed by atoms with E-state index in [-0.39, 0.29) is 27.3 Å². The van der Waals surface area contributed by atoms with Gasteiger partial charge in [0.1, 0.15) is 0 Å². The summed E-state index contributed by atoms with van der Waals surface area (Å²) in [6.07, 6.45) is -9.29. The van der Waals surface area contributed by atoms with Gasteiger partial charge in [-0.3, -0.25) is 0 Å². The van der Waals surface area contributed by atoms with Crippen molar-refractivity contribution in [1.29, 1.82) is 0 Å². The second-order valence-electron chi connectivity index (χ2n) is 6.56. The van der Waals surface area contributed by atoms with E-state index >= 15 is 0 Å². The van der Waals surface area contributed by atoms with Crippen molar-refractivity contribution in [1.82, 2.24) is 0 Å². The van der Waals surface area contributed by atoms with Crippen molar-refractivity contribution < 1.29 is 26.3 Å². The first-order valence-corrected chi connectivity index (χ1v) is 9.85. The Morgan fingerprint density at radius 3 is 1.94 bits per heavy atom. The monoisotopic (exact) mass is 500 g/mol. The largest absolute Gasteiger partial charge is 0.416 e. The third kappa shape index (κ3) is 6.67. The van der Waals surface area contributed by atoms with Crippen LogP contribution in [0.4, 0.5) is 37.7 Å². The number of alkyl halides is 6. The quantitative estimate of drug-likeness (QED) is 0.163. The summed E-state index contributed by atoms with van der Waals surface area (Å²) in [4.78, 5) is 4.04. The number of rotatable bonds is 2. The average Bonchev–Trinajstić information content (AvgIpc) is 2.74. The Kier molecular flexibility index (Phi) is 7.25. The van der Waals surface area contributed by atoms with Crippen LogP contribution in [-0.2, 0) is 12.4 Å². The minimum Gasteiger partial charge on any atom is -0.332 e. The molecule has 33 heavy (non-hydrogen) atoms. The number of nitrogens with one attached hydrogen (secondary N) is 1. The van der Waals surface area contributed by atoms with Gasteiger partial charge in [-0.15, -0.1) is 0 Å². The number of benzene rings is 3. The number of amidine groups is 1. The molecule has 0 aliphatic heterocycles. The van der Waals surface area contributed by atoms with Crippen molar-refractivity contribution in [3.05, 3.63) is 93.5 Å². The molecule has 0 radical (unpaired) electrons. The van der Waals surface area contributed by atoms with Gasteiger partial charge in [0.15, 0.2) is 5.84 Å². The van der Waals surface area contributed by atoms with Crippen molar-refractivity contribution in [2.24, 2.45) is 4.99 Å². The molecule has 10 heteroatoms. The van der Waals surface area contributed by atoms with Gasteiger partial charge in [0, 0.05) is 5.56 Å². The van der Waals surface area contributed by atoms with Crippen LogP contribution in [0.3, 0.4) is 0 Å². The van der Waals surface area contributed by atoms with E-state index in [0.717, 1.165) is 30.3 Å². The summed E-state index contributed by atoms with van der Waals surface area (Å²) in [5, 5.41) is 2.38. The van der Waals surface area contributed by atoms with E-state index in [4.69, 9.17) is 23.2 Å². The molecule has 0 bridgehead atoms. The zero-order valence-electron chi connectivity index (χ0n) is 16.3. The lowest BCUT2D eigenvalue weighted by Gasteiger charge is -2.12. The third-order valence-corrected chi connectivity index (χ3v) is 4.80. The molecule has 0 fully saturated rings. The molecule has 0 saturated carbocycles. The van der Waals surface area contributed by atoms with E-state index in [9.17, 15) is 26.3 Å². The average molecular weight is 501 g/mol. The van der Waals surface area contributed by atoms with Gasteiger partial charge in [-0.1, -0.05) is 47.3 Å². The zero-order valence-corrected chi connectivity index (χ0v) is 17.8. The Hall–Kier alpha value is -3.15. The SMILES string of the molecule is FC(F)(F)c1ccc(Cl)c(N=C(C#Cc2ccccc2)Nc2cc(C(F)(F)F)ccc2Cl)c1. The highest BCUT2D eigenvalue weighted by Crippen LogP contribution is 2.36. The number of hydrogen-bond donors (Lipinski definition) is 1. The minimum atomic E-state index is -4.65. The number of anilines is 1. The lowest BCUT2D eigenvalue weighted by atomic mass is 10.2. The number of halogens is 8. The Morgan fingerprint density at radius 2 is 1.33 bits per heavy atom. The smallest absolute Gasteiger partial charge is 0.332 e. The summed E-state index contributed by atoms with van der Waals surface area (Å²) < 4.78 is 78.6. The fourth-order valence-electron chi connectivity index (χ4n) is 2.56. The van der Waals surface area contributed by atoms with E-state index in [1.165, 1.54) is 0 Å². The van der Waals surface area contributed by atoms with Gasteiger partial charge in [0.05, 0.1) is 32.5 Å². The van der Waals surface area contributed by atoms with Gasteiger partial charge in [-0.25, -0.2) is 4.99 Å². The molecule has 0 aliphatic carbocycles. The Balaban J connectivity index is 2.10. The second kappa shape index (κ2) is 9.77. The van der Waals surface area contributed by atoms with E-state index < -0.39 is 23.5 Å². The summed E-state index contributed by atoms with van der Waals surface area (Å²) >= 11 is 12.0. The molecule has 170 valence electrons. The first kappa shape index (κ1) is 24.5. The Labute approximate surface area is 194 Å². The van der Waals surface area contributed by atoms with Crippen molar-refractivity contribution >= 4 is 40.4 Å². The number of hydrogen-bond acceptors (Lipinski definition) is 1. The summed E-state index contributed by atoms with van der Waals surface area (Å²) in [7, 11) is 0. The fourth-order valence-corrected chi connectivity index (χ4v) is 2.88. The molecule has 3 aromatic carbocycles. The number of nitrogens with zero attached hydrogens (tertiary/aromatic N) is 1. The molecule has 2 nitrogen and oxygen atoms in total. The molecular weight excluding hydrogens is 489 g/mol. The first-order valence-electron chi connectivity index (χ1n) is 9.10. The number of aliphatic imine (C=N–C) groups is 1. The van der Waals surface area contributed by atoms with Crippen LogP contribution in [0.15, 0.2) is 71.7 Å². The third-order valence-electron chi connectivity index (χ3n) is 4.15. The van der Waals surface area contributed by atoms with Crippen LogP contribution in [0.2, 0.25) is 10.0 Å². The molecule has 0 spiro atoms. The fraction of sp³-hybridized carbons (Fsp3) is 0.0870.